The Morgan fingerprint density at radius 2 is 2.06 bits per heavy atom. The first-order valence-electron chi connectivity index (χ1n) is 6.52. The SMILES string of the molecule is CC(Cn1cncc1C(C)(C)N)N1CCCC1. The van der Waals surface area contributed by atoms with Gasteiger partial charge in [-0.15, -0.1) is 0 Å². The van der Waals surface area contributed by atoms with E-state index in [0.717, 1.165) is 12.2 Å². The first-order chi connectivity index (χ1) is 7.98. The van der Waals surface area contributed by atoms with Crippen molar-refractivity contribution in [3.63, 3.8) is 0 Å². The molecule has 0 amide bonds. The van der Waals surface area contributed by atoms with Gasteiger partial charge >= 0.3 is 0 Å². The molecular formula is C13H24N4. The molecule has 0 bridgehead atoms. The zero-order valence-electron chi connectivity index (χ0n) is 11.2. The Labute approximate surface area is 104 Å². The number of likely N-dealkylation sites (tertiary alicyclic amines) is 1. The topological polar surface area (TPSA) is 47.1 Å². The van der Waals surface area contributed by atoms with Gasteiger partial charge < -0.3 is 10.3 Å². The summed E-state index contributed by atoms with van der Waals surface area (Å²) in [7, 11) is 0. The Morgan fingerprint density at radius 1 is 1.41 bits per heavy atom. The van der Waals surface area contributed by atoms with Crippen LogP contribution in [0.1, 0.15) is 39.3 Å². The van der Waals surface area contributed by atoms with E-state index < -0.39 is 0 Å². The molecule has 1 aromatic rings. The van der Waals surface area contributed by atoms with E-state index >= 15 is 0 Å². The van der Waals surface area contributed by atoms with E-state index in [1.54, 1.807) is 0 Å². The summed E-state index contributed by atoms with van der Waals surface area (Å²) in [6.07, 6.45) is 6.46. The van der Waals surface area contributed by atoms with Gasteiger partial charge in [0.15, 0.2) is 0 Å². The molecule has 17 heavy (non-hydrogen) atoms. The summed E-state index contributed by atoms with van der Waals surface area (Å²) < 4.78 is 2.20. The molecule has 1 fully saturated rings. The van der Waals surface area contributed by atoms with Gasteiger partial charge in [0.2, 0.25) is 0 Å². The highest BCUT2D eigenvalue weighted by molar-refractivity contribution is 5.10. The van der Waals surface area contributed by atoms with Gasteiger partial charge in [-0.2, -0.15) is 0 Å². The lowest BCUT2D eigenvalue weighted by atomic mass is 10.0. The van der Waals surface area contributed by atoms with Crippen molar-refractivity contribution in [2.45, 2.75) is 51.7 Å². The Kier molecular flexibility index (Phi) is 3.54. The van der Waals surface area contributed by atoms with Crippen molar-refractivity contribution < 1.29 is 0 Å². The van der Waals surface area contributed by atoms with Gasteiger partial charge in [-0.1, -0.05) is 0 Å². The Hall–Kier alpha value is -0.870. The fraction of sp³-hybridized carbons (Fsp3) is 0.769. The maximum absolute atomic E-state index is 6.16. The second-order valence-electron chi connectivity index (χ2n) is 5.75. The molecular weight excluding hydrogens is 212 g/mol. The molecule has 1 aliphatic heterocycles. The minimum Gasteiger partial charge on any atom is -0.331 e. The third-order valence-electron chi connectivity index (χ3n) is 3.60. The van der Waals surface area contributed by atoms with Gasteiger partial charge in [-0.05, 0) is 46.7 Å². The van der Waals surface area contributed by atoms with E-state index in [0.29, 0.717) is 6.04 Å². The lowest BCUT2D eigenvalue weighted by molar-refractivity contribution is 0.232. The maximum atomic E-state index is 6.16. The molecule has 1 atom stereocenters. The highest BCUT2D eigenvalue weighted by Crippen LogP contribution is 2.18. The zero-order chi connectivity index (χ0) is 12.5. The maximum Gasteiger partial charge on any atom is 0.0949 e. The molecule has 0 spiro atoms. The first kappa shape index (κ1) is 12.6. The summed E-state index contributed by atoms with van der Waals surface area (Å²) in [6, 6.07) is 0.563. The Bertz CT molecular complexity index is 358. The molecule has 1 saturated heterocycles. The summed E-state index contributed by atoms with van der Waals surface area (Å²) in [4.78, 5) is 6.78. The molecule has 1 unspecified atom stereocenters. The van der Waals surface area contributed by atoms with Gasteiger partial charge in [0.25, 0.3) is 0 Å². The molecule has 1 aromatic heterocycles. The van der Waals surface area contributed by atoms with Gasteiger partial charge in [-0.3, -0.25) is 4.90 Å². The summed E-state index contributed by atoms with van der Waals surface area (Å²) in [5.41, 5.74) is 6.95. The third-order valence-corrected chi connectivity index (χ3v) is 3.60. The van der Waals surface area contributed by atoms with Crippen LogP contribution < -0.4 is 5.73 Å². The van der Waals surface area contributed by atoms with Crippen LogP contribution >= 0.6 is 0 Å². The lowest BCUT2D eigenvalue weighted by Gasteiger charge is -2.27. The van der Waals surface area contributed by atoms with Gasteiger partial charge in [0.05, 0.1) is 17.6 Å². The number of nitrogens with zero attached hydrogens (tertiary/aromatic N) is 3. The van der Waals surface area contributed by atoms with Crippen molar-refractivity contribution in [2.75, 3.05) is 13.1 Å². The predicted molar refractivity (Wildman–Crippen MR) is 69.7 cm³/mol. The molecule has 2 rings (SSSR count). The van der Waals surface area contributed by atoms with Crippen LogP contribution in [0, 0.1) is 0 Å². The van der Waals surface area contributed by atoms with E-state index in [9.17, 15) is 0 Å². The number of hydrogen-bond donors (Lipinski definition) is 1. The zero-order valence-corrected chi connectivity index (χ0v) is 11.2. The molecule has 4 heteroatoms. The van der Waals surface area contributed by atoms with Gasteiger partial charge in [0, 0.05) is 18.8 Å². The molecule has 1 aliphatic rings. The largest absolute Gasteiger partial charge is 0.331 e. The van der Waals surface area contributed by atoms with E-state index in [1.165, 1.54) is 25.9 Å². The summed E-state index contributed by atoms with van der Waals surface area (Å²) >= 11 is 0. The number of imidazole rings is 1. The van der Waals surface area contributed by atoms with Crippen LogP contribution in [0.15, 0.2) is 12.5 Å². The minimum absolute atomic E-state index is 0.318. The summed E-state index contributed by atoms with van der Waals surface area (Å²) in [5.74, 6) is 0. The van der Waals surface area contributed by atoms with Gasteiger partial charge in [0.1, 0.15) is 0 Å². The molecule has 2 N–H and O–H groups in total. The summed E-state index contributed by atoms with van der Waals surface area (Å²) in [5, 5.41) is 0. The van der Waals surface area contributed by atoms with Crippen LogP contribution in [0.4, 0.5) is 0 Å². The highest BCUT2D eigenvalue weighted by Gasteiger charge is 2.22. The van der Waals surface area contributed by atoms with Crippen LogP contribution in [0.5, 0.6) is 0 Å². The van der Waals surface area contributed by atoms with E-state index in [1.807, 2.05) is 26.4 Å². The minimum atomic E-state index is -0.318. The van der Waals surface area contributed by atoms with Crippen molar-refractivity contribution in [1.29, 1.82) is 0 Å². The standard InChI is InChI=1S/C13H24N4/c1-11(16-6-4-5-7-16)9-17-10-15-8-12(17)13(2,3)14/h8,10-11H,4-7,9,14H2,1-3H3. The normalized spacial score (nSPS) is 19.8. The Balaban J connectivity index is 2.05. The van der Waals surface area contributed by atoms with Crippen molar-refractivity contribution in [3.05, 3.63) is 18.2 Å². The molecule has 0 radical (unpaired) electrons. The first-order valence-corrected chi connectivity index (χ1v) is 6.52. The molecule has 96 valence electrons. The van der Waals surface area contributed by atoms with E-state index in [2.05, 4.69) is 21.4 Å². The van der Waals surface area contributed by atoms with Crippen molar-refractivity contribution >= 4 is 0 Å². The van der Waals surface area contributed by atoms with Crippen LogP contribution in [0.3, 0.4) is 0 Å². The fourth-order valence-electron chi connectivity index (χ4n) is 2.59. The molecule has 4 nitrogen and oxygen atoms in total. The molecule has 0 aromatic carbocycles. The average molecular weight is 236 g/mol. The lowest BCUT2D eigenvalue weighted by Crippen LogP contribution is -2.37. The van der Waals surface area contributed by atoms with Crippen LogP contribution in [0.2, 0.25) is 0 Å². The Morgan fingerprint density at radius 3 is 2.65 bits per heavy atom. The van der Waals surface area contributed by atoms with Crippen molar-refractivity contribution in [1.82, 2.24) is 14.5 Å². The summed E-state index contributed by atoms with van der Waals surface area (Å²) in [6.45, 7) is 9.80. The highest BCUT2D eigenvalue weighted by atomic mass is 15.2. The smallest absolute Gasteiger partial charge is 0.0949 e. The van der Waals surface area contributed by atoms with Gasteiger partial charge in [-0.25, -0.2) is 4.98 Å². The average Bonchev–Trinajstić information content (AvgIpc) is 2.85. The molecule has 0 aliphatic carbocycles. The van der Waals surface area contributed by atoms with Crippen molar-refractivity contribution in [3.8, 4) is 0 Å². The van der Waals surface area contributed by atoms with Crippen LogP contribution in [-0.4, -0.2) is 33.6 Å². The second kappa shape index (κ2) is 4.78. The second-order valence-corrected chi connectivity index (χ2v) is 5.75. The predicted octanol–water partition coefficient (Wildman–Crippen LogP) is 1.56. The number of hydrogen-bond acceptors (Lipinski definition) is 3. The number of rotatable bonds is 4. The third kappa shape index (κ3) is 2.87. The monoisotopic (exact) mass is 236 g/mol. The number of aromatic nitrogens is 2. The molecule has 2 heterocycles. The fourth-order valence-corrected chi connectivity index (χ4v) is 2.59. The van der Waals surface area contributed by atoms with E-state index in [-0.39, 0.29) is 5.54 Å². The quantitative estimate of drug-likeness (QED) is 0.863. The van der Waals surface area contributed by atoms with Crippen LogP contribution in [-0.2, 0) is 12.1 Å². The number of nitrogens with two attached hydrogens (primary N) is 1. The van der Waals surface area contributed by atoms with Crippen molar-refractivity contribution in [2.24, 2.45) is 5.73 Å². The van der Waals surface area contributed by atoms with Crippen LogP contribution in [0.25, 0.3) is 0 Å². The molecule has 0 saturated carbocycles. The van der Waals surface area contributed by atoms with E-state index in [4.69, 9.17) is 5.73 Å².